The second-order valence-electron chi connectivity index (χ2n) is 7.52. The van der Waals surface area contributed by atoms with Gasteiger partial charge in [0.2, 0.25) is 12.1 Å². The number of hydrogen-bond acceptors (Lipinski definition) is 9. The van der Waals surface area contributed by atoms with Crippen molar-refractivity contribution in [2.24, 2.45) is 0 Å². The SMILES string of the molecule is [2H]c1c(OC([2H])([2H])[2H])c(OC)c([2H])c2c(N)nc(N3CCN(C(=O)C4COc5ccccc5O4)CC3)nc12. The Balaban J connectivity index is 1.36. The summed E-state index contributed by atoms with van der Waals surface area (Å²) in [5, 5.41) is 0.0528. The fourth-order valence-electron chi connectivity index (χ4n) is 3.84. The van der Waals surface area contributed by atoms with Crippen LogP contribution in [0.15, 0.2) is 36.4 Å². The molecule has 33 heavy (non-hydrogen) atoms. The van der Waals surface area contributed by atoms with Crippen LogP contribution in [0.5, 0.6) is 23.0 Å². The van der Waals surface area contributed by atoms with E-state index >= 15 is 0 Å². The Morgan fingerprint density at radius 3 is 2.67 bits per heavy atom. The number of amides is 1. The number of ether oxygens (including phenoxy) is 4. The summed E-state index contributed by atoms with van der Waals surface area (Å²) < 4.78 is 60.9. The van der Waals surface area contributed by atoms with Crippen LogP contribution in [0.1, 0.15) is 6.85 Å². The Bertz CT molecular complexity index is 1400. The third-order valence-electron chi connectivity index (χ3n) is 5.57. The third kappa shape index (κ3) is 3.88. The van der Waals surface area contributed by atoms with E-state index in [0.717, 1.165) is 0 Å². The summed E-state index contributed by atoms with van der Waals surface area (Å²) >= 11 is 0. The second kappa shape index (κ2) is 8.53. The van der Waals surface area contributed by atoms with Gasteiger partial charge in [-0.05, 0) is 18.2 Å². The maximum atomic E-state index is 13.1. The molecule has 1 saturated heterocycles. The standard InChI is InChI=1S/C23H25N5O5/c1-30-18-11-14-15(12-19(18)31-2)25-23(26-21(14)24)28-9-7-27(8-10-28)22(29)20-13-32-16-5-3-4-6-17(16)33-20/h3-6,11-12,20H,7-10,13H2,1-2H3,(H2,24,25,26)/i2D3,11D,12D. The maximum Gasteiger partial charge on any atom is 0.267 e. The number of nitrogen functional groups attached to an aromatic ring is 1. The molecule has 0 bridgehead atoms. The van der Waals surface area contributed by atoms with Crippen LogP contribution in [0.4, 0.5) is 11.8 Å². The Morgan fingerprint density at radius 2 is 1.91 bits per heavy atom. The average molecular weight is 457 g/mol. The lowest BCUT2D eigenvalue weighted by molar-refractivity contribution is -0.141. The fraction of sp³-hybridized carbons (Fsp3) is 0.348. The molecule has 1 fully saturated rings. The number of para-hydroxylation sites is 2. The molecular weight excluding hydrogens is 426 g/mol. The van der Waals surface area contributed by atoms with Crippen molar-refractivity contribution in [1.29, 1.82) is 0 Å². The van der Waals surface area contributed by atoms with Gasteiger partial charge in [0.25, 0.3) is 5.91 Å². The number of methoxy groups -OCH3 is 2. The van der Waals surface area contributed by atoms with Crippen molar-refractivity contribution < 1.29 is 30.6 Å². The summed E-state index contributed by atoms with van der Waals surface area (Å²) in [6, 6.07) is 6.50. The molecule has 10 heteroatoms. The van der Waals surface area contributed by atoms with Gasteiger partial charge in [-0.1, -0.05) is 12.1 Å². The zero-order valence-corrected chi connectivity index (χ0v) is 17.8. The largest absolute Gasteiger partial charge is 0.493 e. The lowest BCUT2D eigenvalue weighted by atomic mass is 10.2. The van der Waals surface area contributed by atoms with Gasteiger partial charge in [-0.2, -0.15) is 4.98 Å². The van der Waals surface area contributed by atoms with Crippen molar-refractivity contribution in [3.8, 4) is 23.0 Å². The molecular formula is C23H25N5O5. The third-order valence-corrected chi connectivity index (χ3v) is 5.57. The highest BCUT2D eigenvalue weighted by Gasteiger charge is 2.33. The van der Waals surface area contributed by atoms with Crippen LogP contribution in [0.2, 0.25) is 0 Å². The van der Waals surface area contributed by atoms with Crippen LogP contribution in [0.3, 0.4) is 0 Å². The van der Waals surface area contributed by atoms with Crippen LogP contribution in [0, 0.1) is 0 Å². The molecule has 1 aromatic heterocycles. The minimum absolute atomic E-state index is 0.0394. The van der Waals surface area contributed by atoms with Crippen LogP contribution >= 0.6 is 0 Å². The van der Waals surface area contributed by atoms with E-state index in [1.807, 2.05) is 12.1 Å². The molecule has 1 unspecified atom stereocenters. The number of hydrogen-bond donors (Lipinski definition) is 1. The number of piperazine rings is 1. The number of aromatic nitrogens is 2. The molecule has 2 N–H and O–H groups in total. The number of anilines is 2. The minimum atomic E-state index is -2.87. The van der Waals surface area contributed by atoms with Gasteiger partial charge in [-0.15, -0.1) is 0 Å². The smallest absolute Gasteiger partial charge is 0.267 e. The normalized spacial score (nSPS) is 20.3. The van der Waals surface area contributed by atoms with Crippen LogP contribution in [0.25, 0.3) is 10.9 Å². The Kier molecular flexibility index (Phi) is 4.08. The van der Waals surface area contributed by atoms with Gasteiger partial charge in [-0.3, -0.25) is 4.79 Å². The van der Waals surface area contributed by atoms with Crippen molar-refractivity contribution in [2.75, 3.05) is 57.6 Å². The first-order valence-electron chi connectivity index (χ1n) is 12.8. The molecule has 2 aliphatic rings. The summed E-state index contributed by atoms with van der Waals surface area (Å²) in [7, 11) is -1.64. The number of nitrogens with two attached hydrogens (primary N) is 1. The molecule has 2 aliphatic heterocycles. The van der Waals surface area contributed by atoms with Crippen LogP contribution in [-0.2, 0) is 4.79 Å². The summed E-state index contributed by atoms with van der Waals surface area (Å²) in [4.78, 5) is 25.3. The van der Waals surface area contributed by atoms with Crippen molar-refractivity contribution >= 4 is 28.6 Å². The first-order valence-corrected chi connectivity index (χ1v) is 10.3. The Hall–Kier alpha value is -3.95. The van der Waals surface area contributed by atoms with E-state index in [4.69, 9.17) is 31.5 Å². The van der Waals surface area contributed by atoms with Crippen LogP contribution in [-0.4, -0.2) is 73.8 Å². The van der Waals surface area contributed by atoms with Gasteiger partial charge in [0.15, 0.2) is 23.0 Å². The van der Waals surface area contributed by atoms with E-state index in [0.29, 0.717) is 37.7 Å². The monoisotopic (exact) mass is 456 g/mol. The minimum Gasteiger partial charge on any atom is -0.493 e. The van der Waals surface area contributed by atoms with E-state index < -0.39 is 18.9 Å². The molecule has 5 rings (SSSR count). The number of carbonyl (C=O) groups is 1. The zero-order valence-electron chi connectivity index (χ0n) is 22.8. The molecule has 0 aliphatic carbocycles. The van der Waals surface area contributed by atoms with Crippen molar-refractivity contribution in [1.82, 2.24) is 14.9 Å². The lowest BCUT2D eigenvalue weighted by Gasteiger charge is -2.37. The summed E-state index contributed by atoms with van der Waals surface area (Å²) in [5.41, 5.74) is 6.12. The summed E-state index contributed by atoms with van der Waals surface area (Å²) in [5.74, 6) is 0.379. The average Bonchev–Trinajstić information content (AvgIpc) is 2.90. The molecule has 3 aromatic rings. The highest BCUT2D eigenvalue weighted by molar-refractivity contribution is 5.91. The van der Waals surface area contributed by atoms with Crippen molar-refractivity contribution in [2.45, 2.75) is 6.10 Å². The maximum absolute atomic E-state index is 13.1. The fourth-order valence-corrected chi connectivity index (χ4v) is 3.84. The zero-order chi connectivity index (χ0) is 27.2. The predicted molar refractivity (Wildman–Crippen MR) is 122 cm³/mol. The highest BCUT2D eigenvalue weighted by Crippen LogP contribution is 2.34. The predicted octanol–water partition coefficient (Wildman–Crippen LogP) is 1.72. The second-order valence-corrected chi connectivity index (χ2v) is 7.52. The number of rotatable bonds is 4. The van der Waals surface area contributed by atoms with Gasteiger partial charge in [-0.25, -0.2) is 4.98 Å². The summed E-state index contributed by atoms with van der Waals surface area (Å²) in [6.45, 7) is 1.57. The first kappa shape index (κ1) is 15.8. The van der Waals surface area contributed by atoms with E-state index in [1.54, 1.807) is 21.9 Å². The van der Waals surface area contributed by atoms with Gasteiger partial charge >= 0.3 is 0 Å². The molecule has 1 amide bonds. The summed E-state index contributed by atoms with van der Waals surface area (Å²) in [6.07, 6.45) is -0.753. The number of carbonyl (C=O) groups excluding carboxylic acids is 1. The van der Waals surface area contributed by atoms with Gasteiger partial charge in [0, 0.05) is 37.6 Å². The Morgan fingerprint density at radius 1 is 1.15 bits per heavy atom. The van der Waals surface area contributed by atoms with Gasteiger partial charge < -0.3 is 34.5 Å². The van der Waals surface area contributed by atoms with Crippen LogP contribution < -0.4 is 29.6 Å². The molecule has 0 radical (unpaired) electrons. The number of benzene rings is 2. The number of nitrogens with zero attached hydrogens (tertiary/aromatic N) is 4. The van der Waals surface area contributed by atoms with Gasteiger partial charge in [0.05, 0.1) is 26.5 Å². The molecule has 2 aromatic carbocycles. The topological polar surface area (TPSA) is 112 Å². The molecule has 3 heterocycles. The molecule has 0 spiro atoms. The lowest BCUT2D eigenvalue weighted by Crippen LogP contribution is -2.54. The molecule has 0 saturated carbocycles. The van der Waals surface area contributed by atoms with Crippen molar-refractivity contribution in [3.63, 3.8) is 0 Å². The Labute approximate surface area is 197 Å². The highest BCUT2D eigenvalue weighted by atomic mass is 16.6. The van der Waals surface area contributed by atoms with E-state index in [-0.39, 0.29) is 53.0 Å². The van der Waals surface area contributed by atoms with Gasteiger partial charge in [0.1, 0.15) is 12.4 Å². The van der Waals surface area contributed by atoms with Crippen molar-refractivity contribution in [3.05, 3.63) is 36.4 Å². The van der Waals surface area contributed by atoms with E-state index in [9.17, 15) is 4.79 Å². The first-order chi connectivity index (χ1) is 18.1. The molecule has 10 nitrogen and oxygen atoms in total. The molecule has 1 atom stereocenters. The molecule has 172 valence electrons. The van der Waals surface area contributed by atoms with E-state index in [1.165, 1.54) is 7.11 Å². The quantitative estimate of drug-likeness (QED) is 0.627. The number of fused-ring (bicyclic) bond motifs is 2. The van der Waals surface area contributed by atoms with E-state index in [2.05, 4.69) is 9.97 Å².